The van der Waals surface area contributed by atoms with Gasteiger partial charge in [0.25, 0.3) is 0 Å². The smallest absolute Gasteiger partial charge is 3.00 e. The molecule has 0 aliphatic carbocycles. The van der Waals surface area contributed by atoms with E-state index in [0.29, 0.717) is 0 Å². The van der Waals surface area contributed by atoms with Gasteiger partial charge < -0.3 is 18.0 Å². The average Bonchev–Trinajstić information content (AvgIpc) is 0. The van der Waals surface area contributed by atoms with Crippen molar-refractivity contribution in [3.05, 3.63) is 0 Å². The zero-order chi connectivity index (χ0) is 0. The van der Waals surface area contributed by atoms with Crippen molar-refractivity contribution in [1.29, 1.82) is 0 Å². The van der Waals surface area contributed by atoms with E-state index in [2.05, 4.69) is 0 Å². The van der Waals surface area contributed by atoms with Gasteiger partial charge in [0.2, 0.25) is 0 Å². The van der Waals surface area contributed by atoms with Crippen LogP contribution in [0.1, 0.15) is 0 Å². The van der Waals surface area contributed by atoms with Gasteiger partial charge in [0.05, 0.1) is 8.41 Å². The summed E-state index contributed by atoms with van der Waals surface area (Å²) in [5.41, 5.74) is 0. The Kier molecular flexibility index (Phi) is 171. The summed E-state index contributed by atoms with van der Waals surface area (Å²) in [5, 5.41) is 0. The number of rotatable bonds is 0. The van der Waals surface area contributed by atoms with Crippen molar-refractivity contribution in [3.8, 4) is 0 Å². The van der Waals surface area contributed by atoms with Crippen molar-refractivity contribution >= 4 is 72.0 Å². The van der Waals surface area contributed by atoms with Crippen LogP contribution in [0.25, 0.3) is 0 Å². The van der Waals surface area contributed by atoms with Crippen LogP contribution in [0.2, 0.25) is 0 Å². The monoisotopic (exact) mass is 276 g/mol. The van der Waals surface area contributed by atoms with E-state index in [-0.39, 0.29) is 72.0 Å². The van der Waals surface area contributed by atoms with Crippen molar-refractivity contribution in [1.82, 2.24) is 0 Å². The van der Waals surface area contributed by atoms with Crippen molar-refractivity contribution in [2.75, 3.05) is 0 Å². The molecule has 0 aromatic carbocycles. The van der Waals surface area contributed by atoms with Crippen LogP contribution in [0, 0.1) is 0 Å². The first-order valence-corrected chi connectivity index (χ1v) is 0. The fraction of sp³-hybridized carbons (Fsp3) is 0. The van der Waals surface area contributed by atoms with Gasteiger partial charge in [0.1, 0.15) is 0 Å². The molecule has 0 N–H and O–H groups in total. The van der Waals surface area contributed by atoms with E-state index < -0.39 is 0 Å². The van der Waals surface area contributed by atoms with Gasteiger partial charge >= 0.3 is 45.6 Å². The summed E-state index contributed by atoms with van der Waals surface area (Å²) in [6.45, 7) is 0. The van der Waals surface area contributed by atoms with Crippen molar-refractivity contribution < 1.29 is 0 Å². The molecule has 0 fully saturated rings. The second kappa shape index (κ2) is 19.3. The minimum absolute atomic E-state index is 0. The Morgan fingerprint density at radius 2 is 1.00 bits per heavy atom. The second-order valence-electron chi connectivity index (χ2n) is 0. The van der Waals surface area contributed by atoms with Crippen LogP contribution in [0.4, 0.5) is 0 Å². The van der Waals surface area contributed by atoms with Crippen LogP contribution in [0.15, 0.2) is 0 Å². The Morgan fingerprint density at radius 1 is 1.00 bits per heavy atom. The largest absolute Gasteiger partial charge is 3.00 e. The van der Waals surface area contributed by atoms with Crippen LogP contribution >= 0.6 is 0 Å². The molecule has 0 nitrogen and oxygen atoms in total. The molecule has 0 spiro atoms. The third-order valence-electron chi connectivity index (χ3n) is 0. The molecule has 4 heavy (non-hydrogen) atoms. The zero-order valence-corrected chi connectivity index (χ0v) is 6.20. The zero-order valence-electron chi connectivity index (χ0n) is 1.02. The second-order valence-corrected chi connectivity index (χ2v) is 0. The third-order valence-corrected chi connectivity index (χ3v) is 0. The predicted molar refractivity (Wildman–Crippen MR) is 31.4 cm³/mol. The average molecular weight is 276 g/mol. The Balaban J connectivity index is 0. The summed E-state index contributed by atoms with van der Waals surface area (Å²) >= 11 is 0. The van der Waals surface area contributed by atoms with Gasteiger partial charge in [-0.1, -0.05) is 0 Å². The maximum absolute atomic E-state index is 0. The molecular weight excluding hydrogens is 270 g/mol. The van der Waals surface area contributed by atoms with Gasteiger partial charge in [-0.25, -0.2) is 0 Å². The summed E-state index contributed by atoms with van der Waals surface area (Å²) in [6, 6.07) is 0. The molecule has 4 heteroatoms. The van der Waals surface area contributed by atoms with E-state index in [9.17, 15) is 0 Å². The van der Waals surface area contributed by atoms with Gasteiger partial charge in [-0.3, -0.25) is 0 Å². The fourth-order valence-corrected chi connectivity index (χ4v) is 0. The van der Waals surface area contributed by atoms with Crippen LogP contribution in [0.3, 0.4) is 0 Å². The van der Waals surface area contributed by atoms with Gasteiger partial charge in [0, 0.05) is 0 Å². The molecule has 0 heterocycles. The topological polar surface area (TPSA) is 0 Å². The first-order chi connectivity index (χ1) is 0. The molecule has 0 saturated heterocycles. The Morgan fingerprint density at radius 3 is 1.00 bits per heavy atom. The number of hydrogen-bond donors (Lipinski definition) is 0. The molecule has 0 radical (unpaired) electrons. The summed E-state index contributed by atoms with van der Waals surface area (Å²) < 4.78 is 0. The molecule has 0 aromatic rings. The minimum atomic E-state index is 0. The molecule has 0 rings (SSSR count). The normalized spacial score (nSPS) is 0. The molecule has 0 unspecified atom stereocenters. The van der Waals surface area contributed by atoms with Gasteiger partial charge in [-0.15, -0.1) is 0 Å². The van der Waals surface area contributed by atoms with Crippen molar-refractivity contribution in [2.24, 2.45) is 0 Å². The predicted octanol–water partition coefficient (Wildman–Crippen LogP) is -3.13. The van der Waals surface area contributed by atoms with Gasteiger partial charge in [-0.05, 0) is 0 Å². The summed E-state index contributed by atoms with van der Waals surface area (Å²) in [6.07, 6.45) is 0. The molecule has 0 saturated carbocycles. The minimum Gasteiger partial charge on any atom is 3.00 e. The molecule has 0 aliphatic heterocycles. The van der Waals surface area contributed by atoms with Gasteiger partial charge in [-0.2, -0.15) is 0 Å². The summed E-state index contributed by atoms with van der Waals surface area (Å²) in [4.78, 5) is 0. The van der Waals surface area contributed by atoms with E-state index in [1.807, 2.05) is 0 Å². The molecule has 0 amide bonds. The van der Waals surface area contributed by atoms with Gasteiger partial charge in [0.15, 0.2) is 0 Å². The van der Waals surface area contributed by atoms with Crippen LogP contribution in [0.5, 0.6) is 0 Å². The maximum atomic E-state index is 0. The Hall–Kier alpha value is 2.13. The first-order valence-electron chi connectivity index (χ1n) is 0. The van der Waals surface area contributed by atoms with Crippen LogP contribution < -0.4 is 0 Å². The SMILES string of the molecule is B.[As-3].[GaH3].[In+3]. The molecule has 0 aromatic heterocycles. The summed E-state index contributed by atoms with van der Waals surface area (Å²) in [5.74, 6) is 0. The maximum Gasteiger partial charge on any atom is 3.00 e. The molecule has 0 aliphatic rings. The fourth-order valence-electron chi connectivity index (χ4n) is 0. The van der Waals surface area contributed by atoms with E-state index >= 15 is 0 Å². The quantitative estimate of drug-likeness (QED) is 0.411. The van der Waals surface area contributed by atoms with Crippen molar-refractivity contribution in [2.45, 2.75) is 0 Å². The van der Waals surface area contributed by atoms with E-state index in [4.69, 9.17) is 0 Å². The molecule has 0 bridgehead atoms. The van der Waals surface area contributed by atoms with Crippen LogP contribution in [-0.4, -0.2) is 72.0 Å². The Bertz CT molecular complexity index is 8.00. The number of hydrogen-bond acceptors (Lipinski definition) is 0. The summed E-state index contributed by atoms with van der Waals surface area (Å²) in [7, 11) is 0. The molecular formula is H6AsBGaIn. The molecule has 0 atom stereocenters. The van der Waals surface area contributed by atoms with Crippen LogP contribution in [-0.2, 0) is 0 Å². The van der Waals surface area contributed by atoms with E-state index in [0.717, 1.165) is 0 Å². The van der Waals surface area contributed by atoms with E-state index in [1.54, 1.807) is 0 Å². The first kappa shape index (κ1) is 35.6. The Labute approximate surface area is 71.2 Å². The third kappa shape index (κ3) is 8.92. The van der Waals surface area contributed by atoms with Crippen molar-refractivity contribution in [3.63, 3.8) is 0 Å². The molecule has 20 valence electrons. The van der Waals surface area contributed by atoms with E-state index in [1.165, 1.54) is 0 Å². The standard InChI is InChI=1S/As.BH3.Ga.In.3H/h;1H3;;;;;/q-3;;;+3;;;.